The Kier molecular flexibility index (Phi) is 2.98. The van der Waals surface area contributed by atoms with Crippen LogP contribution in [0, 0.1) is 16.7 Å². The summed E-state index contributed by atoms with van der Waals surface area (Å²) < 4.78 is 0. The van der Waals surface area contributed by atoms with Gasteiger partial charge in [0.25, 0.3) is 0 Å². The molecule has 0 spiro atoms. The van der Waals surface area contributed by atoms with Gasteiger partial charge in [0, 0.05) is 16.7 Å². The summed E-state index contributed by atoms with van der Waals surface area (Å²) in [5.74, 6) is 0. The van der Waals surface area contributed by atoms with Gasteiger partial charge in [0.05, 0.1) is 6.07 Å². The smallest absolute Gasteiger partial charge is 0.0965 e. The maximum absolute atomic E-state index is 8.90. The van der Waals surface area contributed by atoms with Crippen molar-refractivity contribution < 1.29 is 0 Å². The number of hydrogen-bond acceptors (Lipinski definition) is 2. The van der Waals surface area contributed by atoms with Crippen LogP contribution in [0.15, 0.2) is 11.3 Å². The van der Waals surface area contributed by atoms with Crippen molar-refractivity contribution >= 4 is 0 Å². The molecule has 0 unspecified atom stereocenters. The Hall–Kier alpha value is -0.970. The van der Waals surface area contributed by atoms with E-state index in [9.17, 15) is 0 Å². The summed E-state index contributed by atoms with van der Waals surface area (Å²) in [4.78, 5) is 0. The first-order valence-electron chi connectivity index (χ1n) is 5.09. The predicted octanol–water partition coefficient (Wildman–Crippen LogP) is 2.71. The molecule has 1 aliphatic carbocycles. The molecule has 0 aliphatic heterocycles. The second-order valence-electron chi connectivity index (χ2n) is 3.85. The number of rotatable bonds is 2. The maximum Gasteiger partial charge on any atom is 0.0965 e. The molecule has 0 saturated carbocycles. The molecule has 0 amide bonds. The Bertz CT molecular complexity index is 254. The van der Waals surface area contributed by atoms with Crippen molar-refractivity contribution in [2.24, 2.45) is 11.1 Å². The number of nitrogens with two attached hydrogens (primary N) is 1. The third-order valence-corrected chi connectivity index (χ3v) is 3.47. The molecule has 0 radical (unpaired) electrons. The summed E-state index contributed by atoms with van der Waals surface area (Å²) in [7, 11) is 0. The van der Waals surface area contributed by atoms with E-state index in [1.54, 1.807) is 0 Å². The van der Waals surface area contributed by atoms with Crippen LogP contribution >= 0.6 is 0 Å². The van der Waals surface area contributed by atoms with E-state index in [1.165, 1.54) is 0 Å². The Labute approximate surface area is 80.4 Å². The van der Waals surface area contributed by atoms with Crippen molar-refractivity contribution in [2.45, 2.75) is 46.0 Å². The van der Waals surface area contributed by atoms with Crippen LogP contribution in [0.4, 0.5) is 0 Å². The summed E-state index contributed by atoms with van der Waals surface area (Å²) in [5.41, 5.74) is 7.87. The van der Waals surface area contributed by atoms with Gasteiger partial charge in [0.1, 0.15) is 0 Å². The molecule has 13 heavy (non-hydrogen) atoms. The molecule has 0 fully saturated rings. The van der Waals surface area contributed by atoms with Gasteiger partial charge in [-0.15, -0.1) is 0 Å². The number of allylic oxidation sites excluding steroid dienone is 2. The largest absolute Gasteiger partial charge is 0.401 e. The van der Waals surface area contributed by atoms with E-state index >= 15 is 0 Å². The Balaban J connectivity index is 3.06. The van der Waals surface area contributed by atoms with E-state index < -0.39 is 0 Å². The van der Waals surface area contributed by atoms with Crippen LogP contribution in [0.1, 0.15) is 46.0 Å². The lowest BCUT2D eigenvalue weighted by molar-refractivity contribution is 0.273. The lowest BCUT2D eigenvalue weighted by Crippen LogP contribution is -2.31. The van der Waals surface area contributed by atoms with Gasteiger partial charge in [-0.2, -0.15) is 5.26 Å². The average Bonchev–Trinajstić information content (AvgIpc) is 2.19. The zero-order valence-corrected chi connectivity index (χ0v) is 8.56. The minimum Gasteiger partial charge on any atom is -0.401 e. The molecule has 72 valence electrons. The highest BCUT2D eigenvalue weighted by atomic mass is 14.7. The monoisotopic (exact) mass is 178 g/mol. The zero-order valence-electron chi connectivity index (χ0n) is 8.56. The number of nitrogens with zero attached hydrogens (tertiary/aromatic N) is 1. The van der Waals surface area contributed by atoms with Crippen LogP contribution in [0.5, 0.6) is 0 Å². The van der Waals surface area contributed by atoms with Crippen LogP contribution in [-0.4, -0.2) is 0 Å². The second kappa shape index (κ2) is 3.83. The van der Waals surface area contributed by atoms with Crippen molar-refractivity contribution in [1.82, 2.24) is 0 Å². The molecule has 0 aromatic heterocycles. The number of hydrogen-bond donors (Lipinski definition) is 1. The van der Waals surface area contributed by atoms with Crippen molar-refractivity contribution in [2.75, 3.05) is 0 Å². The lowest BCUT2D eigenvalue weighted by atomic mass is 9.70. The van der Waals surface area contributed by atoms with Crippen molar-refractivity contribution in [3.8, 4) is 6.07 Å². The first-order valence-corrected chi connectivity index (χ1v) is 5.09. The molecular formula is C11H18N2. The Morgan fingerprint density at radius 2 is 2.08 bits per heavy atom. The molecule has 2 nitrogen and oxygen atoms in total. The second-order valence-corrected chi connectivity index (χ2v) is 3.85. The SMILES string of the molecule is CCC1(CC)CCCC(C#N)=C1N. The van der Waals surface area contributed by atoms with E-state index in [-0.39, 0.29) is 5.41 Å². The van der Waals surface area contributed by atoms with Gasteiger partial charge in [-0.3, -0.25) is 0 Å². The van der Waals surface area contributed by atoms with Crippen LogP contribution < -0.4 is 5.73 Å². The normalized spacial score (nSPS) is 21.3. The summed E-state index contributed by atoms with van der Waals surface area (Å²) in [6.07, 6.45) is 5.26. The lowest BCUT2D eigenvalue weighted by Gasteiger charge is -2.36. The number of nitriles is 1. The van der Waals surface area contributed by atoms with Gasteiger partial charge >= 0.3 is 0 Å². The first-order chi connectivity index (χ1) is 6.20. The van der Waals surface area contributed by atoms with Gasteiger partial charge in [-0.05, 0) is 32.1 Å². The Morgan fingerprint density at radius 3 is 2.54 bits per heavy atom. The van der Waals surface area contributed by atoms with Gasteiger partial charge < -0.3 is 5.73 Å². The summed E-state index contributed by atoms with van der Waals surface area (Å²) in [6, 6.07) is 2.23. The van der Waals surface area contributed by atoms with Gasteiger partial charge in [-0.1, -0.05) is 13.8 Å². The molecule has 1 aliphatic rings. The van der Waals surface area contributed by atoms with E-state index in [1.807, 2.05) is 0 Å². The van der Waals surface area contributed by atoms with E-state index in [4.69, 9.17) is 11.0 Å². The molecule has 0 aromatic rings. The fourth-order valence-corrected chi connectivity index (χ4v) is 2.29. The van der Waals surface area contributed by atoms with Crippen LogP contribution in [-0.2, 0) is 0 Å². The van der Waals surface area contributed by atoms with Crippen molar-refractivity contribution in [3.63, 3.8) is 0 Å². The Morgan fingerprint density at radius 1 is 1.46 bits per heavy atom. The summed E-state index contributed by atoms with van der Waals surface area (Å²) in [6.45, 7) is 4.33. The zero-order chi connectivity index (χ0) is 9.90. The quantitative estimate of drug-likeness (QED) is 0.706. The summed E-state index contributed by atoms with van der Waals surface area (Å²) >= 11 is 0. The summed E-state index contributed by atoms with van der Waals surface area (Å²) in [5, 5.41) is 8.90. The third kappa shape index (κ3) is 1.56. The van der Waals surface area contributed by atoms with Gasteiger partial charge in [-0.25, -0.2) is 0 Å². The van der Waals surface area contributed by atoms with Crippen LogP contribution in [0.3, 0.4) is 0 Å². The molecule has 0 saturated heterocycles. The standard InChI is InChI=1S/C11H18N2/c1-3-11(4-2)7-5-6-9(8-12)10(11)13/h3-7,13H2,1-2H3. The fourth-order valence-electron chi connectivity index (χ4n) is 2.29. The third-order valence-electron chi connectivity index (χ3n) is 3.47. The average molecular weight is 178 g/mol. The molecule has 2 N–H and O–H groups in total. The molecule has 0 atom stereocenters. The first kappa shape index (κ1) is 10.1. The van der Waals surface area contributed by atoms with Gasteiger partial charge in [0.15, 0.2) is 0 Å². The molecule has 0 bridgehead atoms. The van der Waals surface area contributed by atoms with Crippen molar-refractivity contribution in [1.29, 1.82) is 5.26 Å². The van der Waals surface area contributed by atoms with E-state index in [2.05, 4.69) is 19.9 Å². The minimum atomic E-state index is 0.128. The van der Waals surface area contributed by atoms with Crippen molar-refractivity contribution in [3.05, 3.63) is 11.3 Å². The highest BCUT2D eigenvalue weighted by molar-refractivity contribution is 5.32. The maximum atomic E-state index is 8.90. The van der Waals surface area contributed by atoms with Crippen LogP contribution in [0.2, 0.25) is 0 Å². The van der Waals surface area contributed by atoms with E-state index in [0.29, 0.717) is 0 Å². The fraction of sp³-hybridized carbons (Fsp3) is 0.727. The minimum absolute atomic E-state index is 0.128. The molecule has 0 heterocycles. The topological polar surface area (TPSA) is 49.8 Å². The highest BCUT2D eigenvalue weighted by Gasteiger charge is 2.33. The van der Waals surface area contributed by atoms with Gasteiger partial charge in [0.2, 0.25) is 0 Å². The van der Waals surface area contributed by atoms with Crippen LogP contribution in [0.25, 0.3) is 0 Å². The predicted molar refractivity (Wildman–Crippen MR) is 53.7 cm³/mol. The van der Waals surface area contributed by atoms with E-state index in [0.717, 1.165) is 43.4 Å². The highest BCUT2D eigenvalue weighted by Crippen LogP contribution is 2.43. The molecule has 1 rings (SSSR count). The molecule has 0 aromatic carbocycles. The molecule has 2 heteroatoms. The molecular weight excluding hydrogens is 160 g/mol.